The molecule has 0 N–H and O–H groups in total. The van der Waals surface area contributed by atoms with Gasteiger partial charge in [-0.05, 0) is 30.7 Å². The Kier molecular flexibility index (Phi) is 2.21. The molecule has 2 rings (SSSR count). The highest BCUT2D eigenvalue weighted by molar-refractivity contribution is 5.15. The van der Waals surface area contributed by atoms with Crippen molar-refractivity contribution in [2.24, 2.45) is 10.8 Å². The minimum Gasteiger partial charge on any atom is -0.297 e. The van der Waals surface area contributed by atoms with Gasteiger partial charge in [-0.15, -0.1) is 0 Å². The zero-order valence-electron chi connectivity index (χ0n) is 10.1. The normalized spacial score (nSPS) is 34.4. The van der Waals surface area contributed by atoms with Gasteiger partial charge in [-0.2, -0.15) is 0 Å². The summed E-state index contributed by atoms with van der Waals surface area (Å²) in [4.78, 5) is 1.87. The average molecular weight is 217 g/mol. The maximum atomic E-state index is 13.9. The van der Waals surface area contributed by atoms with E-state index in [0.29, 0.717) is 6.54 Å². The van der Waals surface area contributed by atoms with E-state index in [1.807, 2.05) is 11.9 Å². The van der Waals surface area contributed by atoms with E-state index in [4.69, 9.17) is 0 Å². The van der Waals surface area contributed by atoms with Gasteiger partial charge in [0.25, 0.3) is 5.92 Å². The van der Waals surface area contributed by atoms with E-state index in [0.717, 1.165) is 12.8 Å². The first-order valence-corrected chi connectivity index (χ1v) is 5.79. The van der Waals surface area contributed by atoms with Crippen LogP contribution in [0, 0.1) is 10.8 Å². The van der Waals surface area contributed by atoms with Crippen molar-refractivity contribution in [1.29, 1.82) is 0 Å². The molecule has 0 amide bonds. The number of rotatable bonds is 1. The molecule has 0 aromatic rings. The van der Waals surface area contributed by atoms with Gasteiger partial charge in [0.2, 0.25) is 0 Å². The van der Waals surface area contributed by atoms with E-state index in [2.05, 4.69) is 20.8 Å². The van der Waals surface area contributed by atoms with Crippen LogP contribution in [0.5, 0.6) is 0 Å². The predicted molar refractivity (Wildman–Crippen MR) is 57.1 cm³/mol. The van der Waals surface area contributed by atoms with Crippen LogP contribution in [0.1, 0.15) is 40.0 Å². The lowest BCUT2D eigenvalue weighted by Gasteiger charge is -2.41. The molecule has 2 fully saturated rings. The maximum absolute atomic E-state index is 13.9. The second-order valence-corrected chi connectivity index (χ2v) is 6.30. The van der Waals surface area contributed by atoms with Crippen LogP contribution in [0.3, 0.4) is 0 Å². The third-order valence-corrected chi connectivity index (χ3v) is 4.44. The van der Waals surface area contributed by atoms with Gasteiger partial charge >= 0.3 is 0 Å². The van der Waals surface area contributed by atoms with Crippen molar-refractivity contribution < 1.29 is 8.78 Å². The van der Waals surface area contributed by atoms with Crippen molar-refractivity contribution in [3.63, 3.8) is 0 Å². The standard InChI is InChI=1S/C12H21F2N/c1-10(2,3)11(5-6-11)9-12(13,14)7-8-15(9)4/h9H,5-8H2,1-4H3. The predicted octanol–water partition coefficient (Wildman–Crippen LogP) is 3.15. The van der Waals surface area contributed by atoms with Gasteiger partial charge in [-0.1, -0.05) is 20.8 Å². The van der Waals surface area contributed by atoms with Gasteiger partial charge in [0.1, 0.15) is 0 Å². The van der Waals surface area contributed by atoms with Crippen molar-refractivity contribution in [1.82, 2.24) is 4.90 Å². The lowest BCUT2D eigenvalue weighted by Crippen LogP contribution is -2.49. The molecule has 0 bridgehead atoms. The van der Waals surface area contributed by atoms with Gasteiger partial charge in [0.15, 0.2) is 0 Å². The van der Waals surface area contributed by atoms with Gasteiger partial charge in [0, 0.05) is 13.0 Å². The Hall–Kier alpha value is -0.180. The van der Waals surface area contributed by atoms with Crippen LogP contribution in [0.4, 0.5) is 8.78 Å². The Morgan fingerprint density at radius 1 is 1.13 bits per heavy atom. The Balaban J connectivity index is 2.30. The largest absolute Gasteiger partial charge is 0.297 e. The minimum absolute atomic E-state index is 0.0142. The van der Waals surface area contributed by atoms with Crippen LogP contribution < -0.4 is 0 Å². The van der Waals surface area contributed by atoms with Crippen LogP contribution in [0.15, 0.2) is 0 Å². The molecule has 3 heteroatoms. The van der Waals surface area contributed by atoms with E-state index in [1.54, 1.807) is 0 Å². The lowest BCUT2D eigenvalue weighted by atomic mass is 9.71. The topological polar surface area (TPSA) is 3.24 Å². The van der Waals surface area contributed by atoms with Crippen LogP contribution in [-0.2, 0) is 0 Å². The molecule has 88 valence electrons. The zero-order valence-corrected chi connectivity index (χ0v) is 10.1. The molecule has 1 nitrogen and oxygen atoms in total. The SMILES string of the molecule is CN1CCC(F)(F)C1C1(C(C)(C)C)CC1. The van der Waals surface area contributed by atoms with Crippen molar-refractivity contribution in [2.45, 2.75) is 52.0 Å². The molecule has 0 aromatic heterocycles. The molecule has 15 heavy (non-hydrogen) atoms. The van der Waals surface area contributed by atoms with Crippen molar-refractivity contribution in [2.75, 3.05) is 13.6 Å². The highest BCUT2D eigenvalue weighted by atomic mass is 19.3. The van der Waals surface area contributed by atoms with Crippen molar-refractivity contribution >= 4 is 0 Å². The molecule has 1 aliphatic carbocycles. The Labute approximate surface area is 90.8 Å². The molecule has 1 unspecified atom stereocenters. The number of nitrogens with zero attached hydrogens (tertiary/aromatic N) is 1. The summed E-state index contributed by atoms with van der Waals surface area (Å²) in [7, 11) is 1.84. The molecule has 1 saturated carbocycles. The minimum atomic E-state index is -2.49. The average Bonchev–Trinajstić information content (AvgIpc) is 2.76. The van der Waals surface area contributed by atoms with E-state index >= 15 is 0 Å². The highest BCUT2D eigenvalue weighted by Crippen LogP contribution is 2.65. The molecule has 1 atom stereocenters. The Bertz CT molecular complexity index is 263. The first-order chi connectivity index (χ1) is 6.71. The summed E-state index contributed by atoms with van der Waals surface area (Å²) in [5.74, 6) is -2.49. The monoisotopic (exact) mass is 217 g/mol. The number of alkyl halides is 2. The number of hydrogen-bond donors (Lipinski definition) is 0. The van der Waals surface area contributed by atoms with E-state index in [1.165, 1.54) is 0 Å². The van der Waals surface area contributed by atoms with Crippen molar-refractivity contribution in [3.05, 3.63) is 0 Å². The zero-order chi connectivity index (χ0) is 11.5. The summed E-state index contributed by atoms with van der Waals surface area (Å²) >= 11 is 0. The third kappa shape index (κ3) is 1.50. The Morgan fingerprint density at radius 2 is 1.67 bits per heavy atom. The van der Waals surface area contributed by atoms with Gasteiger partial charge < -0.3 is 0 Å². The maximum Gasteiger partial charge on any atom is 0.265 e. The van der Waals surface area contributed by atoms with Gasteiger partial charge in [0.05, 0.1) is 6.04 Å². The summed E-state index contributed by atoms with van der Waals surface area (Å²) in [6.45, 7) is 6.84. The summed E-state index contributed by atoms with van der Waals surface area (Å²) in [6, 6.07) is -0.537. The van der Waals surface area contributed by atoms with Crippen LogP contribution in [0.25, 0.3) is 0 Å². The van der Waals surface area contributed by atoms with Gasteiger partial charge in [-0.25, -0.2) is 8.78 Å². The van der Waals surface area contributed by atoms with E-state index in [-0.39, 0.29) is 17.3 Å². The first kappa shape index (κ1) is 11.3. The molecule has 0 radical (unpaired) electrons. The Morgan fingerprint density at radius 3 is 1.93 bits per heavy atom. The van der Waals surface area contributed by atoms with Crippen LogP contribution >= 0.6 is 0 Å². The molecule has 1 aliphatic heterocycles. The van der Waals surface area contributed by atoms with Crippen molar-refractivity contribution in [3.8, 4) is 0 Å². The number of halogens is 2. The summed E-state index contributed by atoms with van der Waals surface area (Å²) in [6.07, 6.45) is 1.95. The number of likely N-dealkylation sites (tertiary alicyclic amines) is 1. The second-order valence-electron chi connectivity index (χ2n) is 6.30. The lowest BCUT2D eigenvalue weighted by molar-refractivity contribution is -0.0799. The quantitative estimate of drug-likeness (QED) is 0.652. The molecule has 1 saturated heterocycles. The van der Waals surface area contributed by atoms with E-state index in [9.17, 15) is 8.78 Å². The third-order valence-electron chi connectivity index (χ3n) is 4.44. The summed E-state index contributed by atoms with van der Waals surface area (Å²) < 4.78 is 27.8. The number of hydrogen-bond acceptors (Lipinski definition) is 1. The van der Waals surface area contributed by atoms with Gasteiger partial charge in [-0.3, -0.25) is 4.90 Å². The smallest absolute Gasteiger partial charge is 0.265 e. The summed E-state index contributed by atoms with van der Waals surface area (Å²) in [5.41, 5.74) is -0.165. The van der Waals surface area contributed by atoms with Crippen LogP contribution in [-0.4, -0.2) is 30.5 Å². The first-order valence-electron chi connectivity index (χ1n) is 5.79. The molecule has 1 heterocycles. The fourth-order valence-electron chi connectivity index (χ4n) is 3.31. The second kappa shape index (κ2) is 2.93. The molecular formula is C12H21F2N. The molecular weight excluding hydrogens is 196 g/mol. The highest BCUT2D eigenvalue weighted by Gasteiger charge is 2.67. The summed E-state index contributed by atoms with van der Waals surface area (Å²) in [5, 5.41) is 0. The van der Waals surface area contributed by atoms with E-state index < -0.39 is 12.0 Å². The molecule has 0 aromatic carbocycles. The fourth-order valence-corrected chi connectivity index (χ4v) is 3.31. The molecule has 0 spiro atoms. The fraction of sp³-hybridized carbons (Fsp3) is 1.00. The van der Waals surface area contributed by atoms with Crippen LogP contribution in [0.2, 0.25) is 0 Å². The molecule has 2 aliphatic rings.